The standard InChI is InChI=1S/C16H8Br10/c17-11-8-4-7-10(12(11)18)14(21,22)16(25,26)15(23,24)13(19,20)9-5-2-1-3-6-9/h1-8H. The minimum absolute atomic E-state index is 0.674. The van der Waals surface area contributed by atoms with Gasteiger partial charge in [-0.3, -0.25) is 0 Å². The van der Waals surface area contributed by atoms with Crippen molar-refractivity contribution in [3.63, 3.8) is 0 Å². The number of hydrogen-bond donors (Lipinski definition) is 0. The average molecular weight is 999 g/mol. The molecule has 0 amide bonds. The zero-order chi connectivity index (χ0) is 20.0. The molecule has 0 aliphatic rings. The Morgan fingerprint density at radius 3 is 1.58 bits per heavy atom. The van der Waals surface area contributed by atoms with Crippen molar-refractivity contribution >= 4 is 159 Å². The Balaban J connectivity index is 2.61. The van der Waals surface area contributed by atoms with Crippen molar-refractivity contribution in [2.75, 3.05) is 0 Å². The van der Waals surface area contributed by atoms with Gasteiger partial charge in [0.25, 0.3) is 0 Å². The molecule has 26 heavy (non-hydrogen) atoms. The molecular weight excluding hydrogens is 991 g/mol. The third-order valence-electron chi connectivity index (χ3n) is 3.61. The Kier molecular flexibility index (Phi) is 9.21. The summed E-state index contributed by atoms with van der Waals surface area (Å²) in [6, 6.07) is 16.0. The summed E-state index contributed by atoms with van der Waals surface area (Å²) in [6.45, 7) is 0. The van der Waals surface area contributed by atoms with Crippen LogP contribution in [0.2, 0.25) is 0 Å². The van der Waals surface area contributed by atoms with Crippen LogP contribution >= 0.6 is 159 Å². The fourth-order valence-corrected chi connectivity index (χ4v) is 10.2. The van der Waals surface area contributed by atoms with Crippen LogP contribution in [0.5, 0.6) is 0 Å². The second-order valence-corrected chi connectivity index (χ2v) is 20.7. The van der Waals surface area contributed by atoms with Gasteiger partial charge < -0.3 is 0 Å². The van der Waals surface area contributed by atoms with Crippen LogP contribution < -0.4 is 0 Å². The molecule has 0 unspecified atom stereocenters. The van der Waals surface area contributed by atoms with E-state index in [1.165, 1.54) is 0 Å². The molecule has 0 aliphatic heterocycles. The topological polar surface area (TPSA) is 0 Å². The fraction of sp³-hybridized carbons (Fsp3) is 0.250. The van der Waals surface area contributed by atoms with E-state index < -0.39 is 12.9 Å². The summed E-state index contributed by atoms with van der Waals surface area (Å²) < 4.78 is -1.07. The normalized spacial score (nSPS) is 13.8. The van der Waals surface area contributed by atoms with Gasteiger partial charge >= 0.3 is 0 Å². The van der Waals surface area contributed by atoms with Crippen molar-refractivity contribution in [1.82, 2.24) is 0 Å². The molecule has 0 fully saturated rings. The zero-order valence-corrected chi connectivity index (χ0v) is 28.3. The molecule has 0 bridgehead atoms. The first-order valence-corrected chi connectivity index (χ1v) is 14.7. The second kappa shape index (κ2) is 9.39. The molecule has 0 spiro atoms. The lowest BCUT2D eigenvalue weighted by Crippen LogP contribution is -2.53. The fourth-order valence-electron chi connectivity index (χ4n) is 2.14. The van der Waals surface area contributed by atoms with Gasteiger partial charge in [0.05, 0.1) is 0 Å². The molecule has 2 aromatic rings. The van der Waals surface area contributed by atoms with Gasteiger partial charge in [-0.05, 0) is 49.1 Å². The van der Waals surface area contributed by atoms with Crippen LogP contribution in [0, 0.1) is 0 Å². The van der Waals surface area contributed by atoms with E-state index in [1.54, 1.807) is 0 Å². The molecule has 0 atom stereocenters. The van der Waals surface area contributed by atoms with Gasteiger partial charge in [-0.25, -0.2) is 0 Å². The minimum atomic E-state index is -0.786. The van der Waals surface area contributed by atoms with E-state index in [-0.39, 0.29) is 0 Å². The van der Waals surface area contributed by atoms with Crippen molar-refractivity contribution in [1.29, 1.82) is 0 Å². The Morgan fingerprint density at radius 2 is 1.04 bits per heavy atom. The third-order valence-corrected chi connectivity index (χ3v) is 20.9. The van der Waals surface area contributed by atoms with E-state index in [9.17, 15) is 0 Å². The van der Waals surface area contributed by atoms with E-state index in [4.69, 9.17) is 0 Å². The van der Waals surface area contributed by atoms with Gasteiger partial charge in [0.2, 0.25) is 0 Å². The quantitative estimate of drug-likeness (QED) is 0.262. The second-order valence-electron chi connectivity index (χ2n) is 5.26. The van der Waals surface area contributed by atoms with Crippen LogP contribution in [0.4, 0.5) is 0 Å². The SMILES string of the molecule is Brc1cccc(C(Br)(Br)C(Br)(Br)C(Br)(Br)C(Br)(Br)c2ccccc2)c1Br. The van der Waals surface area contributed by atoms with E-state index in [1.807, 2.05) is 48.5 Å². The molecule has 0 aromatic heterocycles. The van der Waals surface area contributed by atoms with Crippen molar-refractivity contribution in [3.05, 3.63) is 68.6 Å². The lowest BCUT2D eigenvalue weighted by molar-refractivity contribution is 0.671. The lowest BCUT2D eigenvalue weighted by Gasteiger charge is -2.49. The first-order valence-electron chi connectivity index (χ1n) is 6.79. The lowest BCUT2D eigenvalue weighted by atomic mass is 10.0. The summed E-state index contributed by atoms with van der Waals surface area (Å²) in [5.41, 5.74) is 2.01. The highest BCUT2D eigenvalue weighted by atomic mass is 79.9. The first-order chi connectivity index (χ1) is 11.8. The van der Waals surface area contributed by atoms with Gasteiger partial charge in [-0.15, -0.1) is 0 Å². The molecular formula is C16H8Br10. The summed E-state index contributed by atoms with van der Waals surface area (Å²) >= 11 is 38.2. The molecule has 0 heterocycles. The molecule has 0 saturated carbocycles. The van der Waals surface area contributed by atoms with E-state index in [2.05, 4.69) is 159 Å². The smallest absolute Gasteiger partial charge is 0.0672 e. The van der Waals surface area contributed by atoms with Gasteiger partial charge in [-0.1, -0.05) is 170 Å². The Labute approximate surface area is 237 Å². The number of benzene rings is 2. The van der Waals surface area contributed by atoms with Crippen LogP contribution in [0.1, 0.15) is 11.1 Å². The van der Waals surface area contributed by atoms with Crippen LogP contribution in [0.25, 0.3) is 0 Å². The van der Waals surface area contributed by atoms with Crippen LogP contribution in [0.15, 0.2) is 57.5 Å². The maximum Gasteiger partial charge on any atom is 0.137 e. The van der Waals surface area contributed by atoms with Gasteiger partial charge in [-0.2, -0.15) is 0 Å². The highest BCUT2D eigenvalue weighted by Gasteiger charge is 2.66. The predicted molar refractivity (Wildman–Crippen MR) is 149 cm³/mol. The monoisotopic (exact) mass is 989 g/mol. The number of rotatable bonds is 5. The van der Waals surface area contributed by atoms with Gasteiger partial charge in [0, 0.05) is 8.95 Å². The maximum atomic E-state index is 3.89. The molecule has 10 heteroatoms. The van der Waals surface area contributed by atoms with Gasteiger partial charge in [0.1, 0.15) is 12.9 Å². The zero-order valence-electron chi connectivity index (χ0n) is 12.4. The minimum Gasteiger partial charge on any atom is -0.0672 e. The van der Waals surface area contributed by atoms with Crippen molar-refractivity contribution < 1.29 is 0 Å². The number of hydrogen-bond acceptors (Lipinski definition) is 0. The molecule has 0 N–H and O–H groups in total. The largest absolute Gasteiger partial charge is 0.137 e. The Hall–Kier alpha value is 3.24. The van der Waals surface area contributed by atoms with Crippen LogP contribution in [-0.2, 0) is 6.47 Å². The highest BCUT2D eigenvalue weighted by Crippen LogP contribution is 2.72. The van der Waals surface area contributed by atoms with Crippen molar-refractivity contribution in [2.24, 2.45) is 0 Å². The molecule has 2 rings (SSSR count). The van der Waals surface area contributed by atoms with E-state index in [0.29, 0.717) is 0 Å². The summed E-state index contributed by atoms with van der Waals surface area (Å²) in [6.07, 6.45) is 0. The van der Waals surface area contributed by atoms with Gasteiger partial charge in [0.15, 0.2) is 0 Å². The summed E-state index contributed by atoms with van der Waals surface area (Å²) in [5, 5.41) is 0. The Morgan fingerprint density at radius 1 is 0.538 bits per heavy atom. The molecule has 142 valence electrons. The summed E-state index contributed by atoms with van der Waals surface area (Å²) in [7, 11) is 0. The van der Waals surface area contributed by atoms with Crippen molar-refractivity contribution in [3.8, 4) is 0 Å². The van der Waals surface area contributed by atoms with E-state index >= 15 is 0 Å². The highest BCUT2D eigenvalue weighted by molar-refractivity contribution is 9.34. The molecule has 0 radical (unpaired) electrons. The van der Waals surface area contributed by atoms with E-state index in [0.717, 1.165) is 20.1 Å². The molecule has 0 saturated heterocycles. The Bertz CT molecular complexity index is 783. The van der Waals surface area contributed by atoms with Crippen molar-refractivity contribution in [2.45, 2.75) is 12.9 Å². The predicted octanol–water partition coefficient (Wildman–Crippen LogP) is 10.8. The number of alkyl halides is 8. The molecule has 0 nitrogen and oxygen atoms in total. The summed E-state index contributed by atoms with van der Waals surface area (Å²) in [5.74, 6) is 0. The molecule has 0 aliphatic carbocycles. The number of halogens is 10. The molecule has 2 aromatic carbocycles. The summed E-state index contributed by atoms with van der Waals surface area (Å²) in [4.78, 5) is 0. The maximum absolute atomic E-state index is 3.89. The average Bonchev–Trinajstić information content (AvgIpc) is 2.57. The first kappa shape index (κ1) is 25.5. The van der Waals surface area contributed by atoms with Crippen LogP contribution in [0.3, 0.4) is 0 Å². The third kappa shape index (κ3) is 4.54. The van der Waals surface area contributed by atoms with Crippen LogP contribution in [-0.4, -0.2) is 6.47 Å².